The Balaban J connectivity index is 0.00000176. The number of rotatable bonds is 4. The molecule has 0 amide bonds. The predicted molar refractivity (Wildman–Crippen MR) is 88.1 cm³/mol. The number of nitrogens with one attached hydrogen (secondary N) is 1. The Kier molecular flexibility index (Phi) is 5.71. The molecule has 0 saturated carbocycles. The summed E-state index contributed by atoms with van der Waals surface area (Å²) in [5.41, 5.74) is 0. The second kappa shape index (κ2) is 7.17. The van der Waals surface area contributed by atoms with Crippen molar-refractivity contribution in [1.82, 2.24) is 9.62 Å². The summed E-state index contributed by atoms with van der Waals surface area (Å²) in [5.74, 6) is 1.16. The molecule has 2 atom stereocenters. The third kappa shape index (κ3) is 3.40. The number of piperidine rings is 1. The number of hydrogen-bond donors (Lipinski definition) is 1. The first kappa shape index (κ1) is 17.5. The van der Waals surface area contributed by atoms with Crippen molar-refractivity contribution in [3.05, 3.63) is 24.3 Å². The lowest BCUT2D eigenvalue weighted by atomic mass is 9.95. The summed E-state index contributed by atoms with van der Waals surface area (Å²) in [6.07, 6.45) is 1.97. The fraction of sp³-hybridized carbons (Fsp3) is 0.600. The van der Waals surface area contributed by atoms with E-state index in [0.29, 0.717) is 42.3 Å². The molecule has 0 spiro atoms. The van der Waals surface area contributed by atoms with E-state index in [2.05, 4.69) is 5.32 Å². The fourth-order valence-electron chi connectivity index (χ4n) is 3.26. The lowest BCUT2D eigenvalue weighted by molar-refractivity contribution is 0.247. The van der Waals surface area contributed by atoms with Crippen LogP contribution in [0.4, 0.5) is 0 Å². The molecule has 2 aliphatic heterocycles. The van der Waals surface area contributed by atoms with Gasteiger partial charge in [0.25, 0.3) is 0 Å². The van der Waals surface area contributed by atoms with Crippen LogP contribution in [0, 0.1) is 5.92 Å². The first-order valence-electron chi connectivity index (χ1n) is 7.57. The quantitative estimate of drug-likeness (QED) is 0.904. The van der Waals surface area contributed by atoms with E-state index < -0.39 is 10.0 Å². The zero-order valence-corrected chi connectivity index (χ0v) is 14.3. The Labute approximate surface area is 138 Å². The highest BCUT2D eigenvalue weighted by Gasteiger charge is 2.37. The van der Waals surface area contributed by atoms with Crippen molar-refractivity contribution < 1.29 is 13.2 Å². The van der Waals surface area contributed by atoms with Gasteiger partial charge in [0.1, 0.15) is 5.75 Å². The van der Waals surface area contributed by atoms with Crippen molar-refractivity contribution in [3.63, 3.8) is 0 Å². The van der Waals surface area contributed by atoms with Gasteiger partial charge in [0.2, 0.25) is 10.0 Å². The van der Waals surface area contributed by atoms with Crippen LogP contribution in [0.5, 0.6) is 5.75 Å². The number of sulfonamides is 1. The molecular formula is C15H23ClN2O3S. The SMILES string of the molecule is CCOc1ccc(S(=O)(=O)N2CCC3NCCC3C2)cc1.Cl. The summed E-state index contributed by atoms with van der Waals surface area (Å²) in [6.45, 7) is 4.72. The van der Waals surface area contributed by atoms with Crippen LogP contribution in [0.25, 0.3) is 0 Å². The summed E-state index contributed by atoms with van der Waals surface area (Å²) in [6, 6.07) is 7.22. The molecule has 2 heterocycles. The smallest absolute Gasteiger partial charge is 0.243 e. The fourth-order valence-corrected chi connectivity index (χ4v) is 4.77. The van der Waals surface area contributed by atoms with Gasteiger partial charge in [-0.2, -0.15) is 4.31 Å². The van der Waals surface area contributed by atoms with Crippen LogP contribution >= 0.6 is 12.4 Å². The number of benzene rings is 1. The van der Waals surface area contributed by atoms with Gasteiger partial charge in [0.15, 0.2) is 0 Å². The van der Waals surface area contributed by atoms with E-state index >= 15 is 0 Å². The average Bonchev–Trinajstić information content (AvgIpc) is 2.95. The highest BCUT2D eigenvalue weighted by Crippen LogP contribution is 2.29. The normalized spacial score (nSPS) is 25.3. The van der Waals surface area contributed by atoms with E-state index in [-0.39, 0.29) is 12.4 Å². The molecule has 1 aromatic rings. The molecule has 1 N–H and O–H groups in total. The predicted octanol–water partition coefficient (Wildman–Crippen LogP) is 1.88. The molecule has 2 aliphatic rings. The van der Waals surface area contributed by atoms with E-state index in [1.165, 1.54) is 0 Å². The maximum Gasteiger partial charge on any atom is 0.243 e. The first-order chi connectivity index (χ1) is 10.1. The van der Waals surface area contributed by atoms with Crippen LogP contribution in [0.15, 0.2) is 29.2 Å². The lowest BCUT2D eigenvalue weighted by Gasteiger charge is -2.34. The lowest BCUT2D eigenvalue weighted by Crippen LogP contribution is -2.46. The zero-order valence-electron chi connectivity index (χ0n) is 12.7. The summed E-state index contributed by atoms with van der Waals surface area (Å²) < 4.78 is 32.4. The van der Waals surface area contributed by atoms with E-state index in [4.69, 9.17) is 4.74 Å². The monoisotopic (exact) mass is 346 g/mol. The van der Waals surface area contributed by atoms with Gasteiger partial charge in [-0.25, -0.2) is 8.42 Å². The Morgan fingerprint density at radius 1 is 1.27 bits per heavy atom. The highest BCUT2D eigenvalue weighted by molar-refractivity contribution is 7.89. The first-order valence-corrected chi connectivity index (χ1v) is 9.01. The molecule has 0 aliphatic carbocycles. The summed E-state index contributed by atoms with van der Waals surface area (Å²) >= 11 is 0. The molecule has 2 saturated heterocycles. The minimum absolute atomic E-state index is 0. The van der Waals surface area contributed by atoms with Gasteiger partial charge in [0.05, 0.1) is 11.5 Å². The molecule has 2 fully saturated rings. The Morgan fingerprint density at radius 2 is 2.00 bits per heavy atom. The molecular weight excluding hydrogens is 324 g/mol. The van der Waals surface area contributed by atoms with Gasteiger partial charge in [-0.05, 0) is 56.5 Å². The molecule has 3 rings (SSSR count). The largest absolute Gasteiger partial charge is 0.494 e. The second-order valence-electron chi connectivity index (χ2n) is 5.67. The zero-order chi connectivity index (χ0) is 14.9. The van der Waals surface area contributed by atoms with Gasteiger partial charge in [-0.3, -0.25) is 0 Å². The second-order valence-corrected chi connectivity index (χ2v) is 7.60. The van der Waals surface area contributed by atoms with Gasteiger partial charge in [0, 0.05) is 19.1 Å². The molecule has 124 valence electrons. The van der Waals surface area contributed by atoms with E-state index in [0.717, 1.165) is 19.4 Å². The molecule has 1 aromatic carbocycles. The summed E-state index contributed by atoms with van der Waals surface area (Å²) in [4.78, 5) is 0.357. The number of hydrogen-bond acceptors (Lipinski definition) is 4. The van der Waals surface area contributed by atoms with Gasteiger partial charge >= 0.3 is 0 Å². The van der Waals surface area contributed by atoms with Gasteiger partial charge in [-0.1, -0.05) is 0 Å². The molecule has 7 heteroatoms. The highest BCUT2D eigenvalue weighted by atomic mass is 35.5. The van der Waals surface area contributed by atoms with Crippen LogP contribution in [0.3, 0.4) is 0 Å². The number of nitrogens with zero attached hydrogens (tertiary/aromatic N) is 1. The van der Waals surface area contributed by atoms with Crippen molar-refractivity contribution in [2.75, 3.05) is 26.2 Å². The number of ether oxygens (including phenoxy) is 1. The van der Waals surface area contributed by atoms with Crippen molar-refractivity contribution in [1.29, 1.82) is 0 Å². The van der Waals surface area contributed by atoms with Crippen molar-refractivity contribution in [2.45, 2.75) is 30.7 Å². The van der Waals surface area contributed by atoms with Gasteiger partial charge < -0.3 is 10.1 Å². The average molecular weight is 347 g/mol. The minimum atomic E-state index is -3.38. The van der Waals surface area contributed by atoms with Crippen LogP contribution in [0.2, 0.25) is 0 Å². The van der Waals surface area contributed by atoms with Crippen LogP contribution < -0.4 is 10.1 Å². The molecule has 5 nitrogen and oxygen atoms in total. The van der Waals surface area contributed by atoms with E-state index in [1.807, 2.05) is 6.92 Å². The molecule has 2 unspecified atom stereocenters. The minimum Gasteiger partial charge on any atom is -0.494 e. The maximum atomic E-state index is 12.7. The Morgan fingerprint density at radius 3 is 2.68 bits per heavy atom. The topological polar surface area (TPSA) is 58.6 Å². The number of fused-ring (bicyclic) bond motifs is 1. The van der Waals surface area contributed by atoms with Crippen molar-refractivity contribution in [2.24, 2.45) is 5.92 Å². The summed E-state index contributed by atoms with van der Waals surface area (Å²) in [7, 11) is -3.38. The Bertz CT molecular complexity index is 591. The summed E-state index contributed by atoms with van der Waals surface area (Å²) in [5, 5.41) is 3.45. The van der Waals surface area contributed by atoms with Crippen molar-refractivity contribution >= 4 is 22.4 Å². The maximum absolute atomic E-state index is 12.7. The molecule has 0 aromatic heterocycles. The Hall–Kier alpha value is -0.820. The molecule has 0 bridgehead atoms. The third-order valence-corrected chi connectivity index (χ3v) is 6.27. The van der Waals surface area contributed by atoms with Gasteiger partial charge in [-0.15, -0.1) is 12.4 Å². The molecule has 22 heavy (non-hydrogen) atoms. The van der Waals surface area contributed by atoms with E-state index in [9.17, 15) is 8.42 Å². The standard InChI is InChI=1S/C15H22N2O3S.ClH/c1-2-20-13-3-5-14(6-4-13)21(18,19)17-10-8-15-12(11-17)7-9-16-15;/h3-6,12,15-16H,2,7-11H2,1H3;1H. The van der Waals surface area contributed by atoms with Crippen LogP contribution in [-0.4, -0.2) is 45.0 Å². The van der Waals surface area contributed by atoms with Crippen LogP contribution in [0.1, 0.15) is 19.8 Å². The van der Waals surface area contributed by atoms with Crippen LogP contribution in [-0.2, 0) is 10.0 Å². The van der Waals surface area contributed by atoms with Crippen molar-refractivity contribution in [3.8, 4) is 5.75 Å². The third-order valence-electron chi connectivity index (χ3n) is 4.39. The molecule has 0 radical (unpaired) electrons. The van der Waals surface area contributed by atoms with E-state index in [1.54, 1.807) is 28.6 Å². The number of halogens is 1.